The number of fused-ring (bicyclic) bond motifs is 2. The van der Waals surface area contributed by atoms with Gasteiger partial charge in [0.25, 0.3) is 0 Å². The second kappa shape index (κ2) is 5.89. The molecular formula is C18H24N2O3. The molecule has 2 fully saturated rings. The molecule has 2 heterocycles. The largest absolute Gasteiger partial charge is 0.393 e. The summed E-state index contributed by atoms with van der Waals surface area (Å²) in [5.74, 6) is 1.25. The van der Waals surface area contributed by atoms with Gasteiger partial charge in [0.15, 0.2) is 0 Å². The van der Waals surface area contributed by atoms with Crippen molar-refractivity contribution in [1.29, 1.82) is 0 Å². The molecule has 2 aliphatic heterocycles. The minimum atomic E-state index is -0.498. The maximum absolute atomic E-state index is 11.4. The molecule has 1 aromatic rings. The number of benzene rings is 1. The van der Waals surface area contributed by atoms with E-state index in [0.29, 0.717) is 24.8 Å². The van der Waals surface area contributed by atoms with Gasteiger partial charge in [0.1, 0.15) is 0 Å². The number of nitrogens with zero attached hydrogens (tertiary/aromatic N) is 1. The molecule has 23 heavy (non-hydrogen) atoms. The number of hydrogen-bond acceptors (Lipinski definition) is 4. The first kappa shape index (κ1) is 15.1. The summed E-state index contributed by atoms with van der Waals surface area (Å²) in [5.41, 5.74) is 2.92. The molecule has 5 heteroatoms. The zero-order valence-corrected chi connectivity index (χ0v) is 13.2. The molecule has 124 valence electrons. The molecule has 1 saturated heterocycles. The summed E-state index contributed by atoms with van der Waals surface area (Å²) >= 11 is 0. The van der Waals surface area contributed by atoms with Crippen LogP contribution in [0.5, 0.6) is 0 Å². The predicted molar refractivity (Wildman–Crippen MR) is 87.0 cm³/mol. The quantitative estimate of drug-likeness (QED) is 0.786. The molecule has 1 amide bonds. The third-order valence-corrected chi connectivity index (χ3v) is 5.64. The van der Waals surface area contributed by atoms with Gasteiger partial charge in [-0.15, -0.1) is 0 Å². The predicted octanol–water partition coefficient (Wildman–Crippen LogP) is 1.31. The molecule has 0 radical (unpaired) electrons. The molecule has 0 bridgehead atoms. The summed E-state index contributed by atoms with van der Waals surface area (Å²) in [6.45, 7) is 2.62. The third kappa shape index (κ3) is 3.01. The summed E-state index contributed by atoms with van der Waals surface area (Å²) < 4.78 is 0. The van der Waals surface area contributed by atoms with Gasteiger partial charge >= 0.3 is 0 Å². The van der Waals surface area contributed by atoms with Crippen LogP contribution in [0.3, 0.4) is 0 Å². The van der Waals surface area contributed by atoms with Crippen LogP contribution >= 0.6 is 0 Å². The van der Waals surface area contributed by atoms with Crippen LogP contribution in [0.15, 0.2) is 18.2 Å². The zero-order chi connectivity index (χ0) is 16.0. The van der Waals surface area contributed by atoms with Crippen LogP contribution in [-0.4, -0.2) is 46.8 Å². The number of likely N-dealkylation sites (tertiary alicyclic amines) is 1. The minimum Gasteiger partial charge on any atom is -0.393 e. The van der Waals surface area contributed by atoms with Gasteiger partial charge < -0.3 is 15.5 Å². The summed E-state index contributed by atoms with van der Waals surface area (Å²) in [7, 11) is 0. The Bertz CT molecular complexity index is 604. The summed E-state index contributed by atoms with van der Waals surface area (Å²) in [6.07, 6.45) is 2.47. The topological polar surface area (TPSA) is 72.8 Å². The first-order valence-corrected chi connectivity index (χ1v) is 8.59. The van der Waals surface area contributed by atoms with E-state index in [4.69, 9.17) is 0 Å². The summed E-state index contributed by atoms with van der Waals surface area (Å²) in [6, 6.07) is 5.84. The first-order chi connectivity index (χ1) is 11.1. The number of carbonyl (C=O) groups excluding carboxylic acids is 1. The number of β-amino-alcohol motifs (C(OH)–C–C–N with tert-alkyl or cyclic N) is 1. The third-order valence-electron chi connectivity index (χ3n) is 5.64. The lowest BCUT2D eigenvalue weighted by Gasteiger charge is -2.23. The molecule has 0 spiro atoms. The number of anilines is 1. The summed E-state index contributed by atoms with van der Waals surface area (Å²) in [5, 5.41) is 23.2. The highest BCUT2D eigenvalue weighted by atomic mass is 16.3. The van der Waals surface area contributed by atoms with E-state index in [2.05, 4.69) is 10.2 Å². The van der Waals surface area contributed by atoms with Crippen LogP contribution in [0.25, 0.3) is 0 Å². The highest BCUT2D eigenvalue weighted by molar-refractivity contribution is 5.93. The monoisotopic (exact) mass is 316 g/mol. The first-order valence-electron chi connectivity index (χ1n) is 8.59. The Labute approximate surface area is 136 Å². The number of aliphatic hydroxyl groups is 2. The van der Waals surface area contributed by atoms with Crippen molar-refractivity contribution >= 4 is 11.6 Å². The van der Waals surface area contributed by atoms with Crippen molar-refractivity contribution in [3.8, 4) is 0 Å². The normalized spacial score (nSPS) is 31.6. The van der Waals surface area contributed by atoms with E-state index in [1.165, 1.54) is 0 Å². The number of nitrogens with one attached hydrogen (secondary N) is 1. The van der Waals surface area contributed by atoms with Gasteiger partial charge in [-0.3, -0.25) is 9.69 Å². The van der Waals surface area contributed by atoms with Crippen LogP contribution < -0.4 is 5.32 Å². The van der Waals surface area contributed by atoms with Crippen molar-refractivity contribution in [2.75, 3.05) is 25.0 Å². The number of rotatable bonds is 3. The highest BCUT2D eigenvalue weighted by Gasteiger charge is 2.40. The summed E-state index contributed by atoms with van der Waals surface area (Å²) in [4.78, 5) is 13.7. The SMILES string of the molecule is O=C1CCc2cc(C(O)CN3CC4CC(O)CC4C3)ccc2N1. The smallest absolute Gasteiger partial charge is 0.224 e. The fraction of sp³-hybridized carbons (Fsp3) is 0.611. The Hall–Kier alpha value is -1.43. The minimum absolute atomic E-state index is 0.0663. The molecule has 0 aromatic heterocycles. The lowest BCUT2D eigenvalue weighted by Crippen LogP contribution is -2.28. The Morgan fingerprint density at radius 2 is 1.96 bits per heavy atom. The number of hydrogen-bond donors (Lipinski definition) is 3. The van der Waals surface area contributed by atoms with Crippen molar-refractivity contribution in [1.82, 2.24) is 4.90 Å². The molecule has 3 atom stereocenters. The lowest BCUT2D eigenvalue weighted by molar-refractivity contribution is -0.116. The number of amides is 1. The standard InChI is InChI=1S/C18H24N2O3/c21-15-6-13-8-20(9-14(13)7-15)10-17(22)12-1-3-16-11(5-12)2-4-18(23)19-16/h1,3,5,13-15,17,21-22H,2,4,6-10H2,(H,19,23). The second-order valence-corrected chi connectivity index (χ2v) is 7.34. The van der Waals surface area contributed by atoms with Gasteiger partial charge in [-0.2, -0.15) is 0 Å². The number of aryl methyl sites for hydroxylation is 1. The van der Waals surface area contributed by atoms with E-state index in [-0.39, 0.29) is 12.0 Å². The highest BCUT2D eigenvalue weighted by Crippen LogP contribution is 2.38. The van der Waals surface area contributed by atoms with Gasteiger partial charge in [-0.1, -0.05) is 12.1 Å². The average molecular weight is 316 g/mol. The molecule has 3 unspecified atom stereocenters. The lowest BCUT2D eigenvalue weighted by atomic mass is 9.98. The van der Waals surface area contributed by atoms with Crippen molar-refractivity contribution in [2.45, 2.75) is 37.9 Å². The van der Waals surface area contributed by atoms with E-state index in [0.717, 1.165) is 49.2 Å². The molecule has 3 N–H and O–H groups in total. The Morgan fingerprint density at radius 3 is 2.70 bits per heavy atom. The molecule has 1 aliphatic carbocycles. The average Bonchev–Trinajstić information content (AvgIpc) is 3.03. The van der Waals surface area contributed by atoms with E-state index < -0.39 is 6.10 Å². The van der Waals surface area contributed by atoms with Gasteiger partial charge in [0, 0.05) is 31.7 Å². The Morgan fingerprint density at radius 1 is 1.22 bits per heavy atom. The molecular weight excluding hydrogens is 292 g/mol. The molecule has 5 nitrogen and oxygen atoms in total. The van der Waals surface area contributed by atoms with Crippen molar-refractivity contribution in [3.05, 3.63) is 29.3 Å². The fourth-order valence-corrected chi connectivity index (χ4v) is 4.47. The van der Waals surface area contributed by atoms with E-state index >= 15 is 0 Å². The maximum atomic E-state index is 11.4. The van der Waals surface area contributed by atoms with Crippen LogP contribution in [0.1, 0.15) is 36.5 Å². The zero-order valence-electron chi connectivity index (χ0n) is 13.2. The van der Waals surface area contributed by atoms with Crippen LogP contribution in [-0.2, 0) is 11.2 Å². The molecule has 1 aromatic carbocycles. The van der Waals surface area contributed by atoms with Crippen molar-refractivity contribution in [3.63, 3.8) is 0 Å². The van der Waals surface area contributed by atoms with E-state index in [1.54, 1.807) is 0 Å². The van der Waals surface area contributed by atoms with Gasteiger partial charge in [-0.05, 0) is 48.3 Å². The van der Waals surface area contributed by atoms with Gasteiger partial charge in [0.05, 0.1) is 12.2 Å². The van der Waals surface area contributed by atoms with E-state index in [1.807, 2.05) is 18.2 Å². The van der Waals surface area contributed by atoms with Crippen molar-refractivity contribution < 1.29 is 15.0 Å². The maximum Gasteiger partial charge on any atom is 0.224 e. The van der Waals surface area contributed by atoms with E-state index in [9.17, 15) is 15.0 Å². The number of carbonyl (C=O) groups is 1. The van der Waals surface area contributed by atoms with Crippen LogP contribution in [0.2, 0.25) is 0 Å². The van der Waals surface area contributed by atoms with Gasteiger partial charge in [0.2, 0.25) is 5.91 Å². The van der Waals surface area contributed by atoms with Crippen LogP contribution in [0, 0.1) is 11.8 Å². The Balaban J connectivity index is 1.40. The molecule has 3 aliphatic rings. The number of aliphatic hydroxyl groups excluding tert-OH is 2. The van der Waals surface area contributed by atoms with Gasteiger partial charge in [-0.25, -0.2) is 0 Å². The molecule has 1 saturated carbocycles. The Kier molecular flexibility index (Phi) is 3.87. The fourth-order valence-electron chi connectivity index (χ4n) is 4.47. The molecule has 4 rings (SSSR count). The second-order valence-electron chi connectivity index (χ2n) is 7.34. The van der Waals surface area contributed by atoms with Crippen molar-refractivity contribution in [2.24, 2.45) is 11.8 Å². The van der Waals surface area contributed by atoms with Crippen LogP contribution in [0.4, 0.5) is 5.69 Å².